The molecule has 0 aromatic rings. The van der Waals surface area contributed by atoms with Crippen molar-refractivity contribution in [2.45, 2.75) is 32.6 Å². The topological polar surface area (TPSA) is 17.1 Å². The van der Waals surface area contributed by atoms with Crippen LogP contribution in [-0.2, 0) is 4.79 Å². The largest absolute Gasteiger partial charge is 0.300 e. The fraction of sp³-hybridized carbons (Fsp3) is 0.700. The lowest BCUT2D eigenvalue weighted by molar-refractivity contribution is -0.122. The second-order valence-corrected chi connectivity index (χ2v) is 3.68. The van der Waals surface area contributed by atoms with Crippen LogP contribution in [-0.4, -0.2) is 5.78 Å². The molecule has 1 nitrogen and oxygen atoms in total. The number of ketones is 1. The lowest BCUT2D eigenvalue weighted by atomic mass is 9.80. The van der Waals surface area contributed by atoms with Crippen LogP contribution in [0.25, 0.3) is 0 Å². The van der Waals surface area contributed by atoms with E-state index in [4.69, 9.17) is 0 Å². The summed E-state index contributed by atoms with van der Waals surface area (Å²) in [6, 6.07) is 0. The molecule has 1 fully saturated rings. The highest BCUT2D eigenvalue weighted by Crippen LogP contribution is 2.28. The van der Waals surface area contributed by atoms with Crippen molar-refractivity contribution in [3.05, 3.63) is 12.7 Å². The fourth-order valence-corrected chi connectivity index (χ4v) is 1.94. The van der Waals surface area contributed by atoms with Crippen LogP contribution in [0.4, 0.5) is 0 Å². The Kier molecular flexibility index (Phi) is 2.86. The Hall–Kier alpha value is -0.590. The number of carbonyl (C=O) groups excluding carboxylic acids is 1. The van der Waals surface area contributed by atoms with Crippen molar-refractivity contribution in [1.82, 2.24) is 0 Å². The summed E-state index contributed by atoms with van der Waals surface area (Å²) in [5, 5.41) is 0. The molecule has 0 radical (unpaired) electrons. The van der Waals surface area contributed by atoms with Crippen LogP contribution >= 0.6 is 0 Å². The number of hydrogen-bond acceptors (Lipinski definition) is 1. The third-order valence-corrected chi connectivity index (χ3v) is 2.33. The van der Waals surface area contributed by atoms with Gasteiger partial charge in [-0.3, -0.25) is 4.79 Å². The van der Waals surface area contributed by atoms with Crippen molar-refractivity contribution in [1.29, 1.82) is 0 Å². The third kappa shape index (κ3) is 2.49. The van der Waals surface area contributed by atoms with Gasteiger partial charge in [-0.05, 0) is 24.7 Å². The van der Waals surface area contributed by atoms with E-state index in [0.29, 0.717) is 17.6 Å². The Bertz CT molecular complexity index is 160. The van der Waals surface area contributed by atoms with E-state index in [9.17, 15) is 4.79 Å². The van der Waals surface area contributed by atoms with Gasteiger partial charge in [0.15, 0.2) is 0 Å². The summed E-state index contributed by atoms with van der Waals surface area (Å²) < 4.78 is 0. The minimum atomic E-state index is 0.440. The van der Waals surface area contributed by atoms with Crippen molar-refractivity contribution >= 4 is 5.78 Å². The molecule has 1 unspecified atom stereocenters. The molecule has 0 saturated heterocycles. The molecule has 11 heavy (non-hydrogen) atoms. The monoisotopic (exact) mass is 152 g/mol. The van der Waals surface area contributed by atoms with Crippen LogP contribution in [0.5, 0.6) is 0 Å². The van der Waals surface area contributed by atoms with E-state index in [1.54, 1.807) is 0 Å². The molecule has 0 heterocycles. The number of hydrogen-bond donors (Lipinski definition) is 0. The molecule has 0 aromatic heterocycles. The molecule has 0 aromatic carbocycles. The van der Waals surface area contributed by atoms with E-state index in [1.165, 1.54) is 6.42 Å². The molecule has 1 aliphatic carbocycles. The Balaban J connectivity index is 2.42. The van der Waals surface area contributed by atoms with Gasteiger partial charge in [0.25, 0.3) is 0 Å². The SMILES string of the molecule is C=CCC1CC(=O)C[C@H](C)C1. The maximum absolute atomic E-state index is 11.1. The Morgan fingerprint density at radius 3 is 2.91 bits per heavy atom. The first-order chi connectivity index (χ1) is 5.22. The van der Waals surface area contributed by atoms with Gasteiger partial charge >= 0.3 is 0 Å². The molecule has 0 bridgehead atoms. The molecule has 1 rings (SSSR count). The maximum atomic E-state index is 11.1. The first-order valence-corrected chi connectivity index (χ1v) is 4.35. The summed E-state index contributed by atoms with van der Waals surface area (Å²) in [4.78, 5) is 11.1. The molecule has 0 spiro atoms. The fourth-order valence-electron chi connectivity index (χ4n) is 1.94. The highest BCUT2D eigenvalue weighted by atomic mass is 16.1. The smallest absolute Gasteiger partial charge is 0.133 e. The molecule has 62 valence electrons. The van der Waals surface area contributed by atoms with Crippen molar-refractivity contribution < 1.29 is 4.79 Å². The molecule has 2 atom stereocenters. The first kappa shape index (κ1) is 8.51. The van der Waals surface area contributed by atoms with E-state index >= 15 is 0 Å². The van der Waals surface area contributed by atoms with E-state index in [2.05, 4.69) is 13.5 Å². The van der Waals surface area contributed by atoms with Crippen LogP contribution in [0.1, 0.15) is 32.6 Å². The number of Topliss-reactive ketones (excluding diaryl/α,β-unsaturated/α-hetero) is 1. The van der Waals surface area contributed by atoms with Gasteiger partial charge in [0.1, 0.15) is 5.78 Å². The van der Waals surface area contributed by atoms with Gasteiger partial charge in [0, 0.05) is 12.8 Å². The first-order valence-electron chi connectivity index (χ1n) is 4.35. The lowest BCUT2D eigenvalue weighted by Crippen LogP contribution is -2.20. The predicted molar refractivity (Wildman–Crippen MR) is 46.3 cm³/mol. The molecule has 1 heteroatoms. The number of carbonyl (C=O) groups is 1. The predicted octanol–water partition coefficient (Wildman–Crippen LogP) is 2.57. The molecular formula is C10H16O. The average Bonchev–Trinajstić information content (AvgIpc) is 1.85. The molecule has 0 aliphatic heterocycles. The quantitative estimate of drug-likeness (QED) is 0.556. The Morgan fingerprint density at radius 2 is 2.36 bits per heavy atom. The van der Waals surface area contributed by atoms with Crippen LogP contribution in [0.3, 0.4) is 0 Å². The van der Waals surface area contributed by atoms with Crippen LogP contribution < -0.4 is 0 Å². The standard InChI is InChI=1S/C10H16O/c1-3-4-9-5-8(2)6-10(11)7-9/h3,8-9H,1,4-7H2,2H3/t8-,9?/m1/s1. The van der Waals surface area contributed by atoms with Gasteiger partial charge in [-0.2, -0.15) is 0 Å². The second kappa shape index (κ2) is 3.70. The number of rotatable bonds is 2. The lowest BCUT2D eigenvalue weighted by Gasteiger charge is -2.24. The van der Waals surface area contributed by atoms with Gasteiger partial charge in [-0.1, -0.05) is 13.0 Å². The third-order valence-electron chi connectivity index (χ3n) is 2.33. The van der Waals surface area contributed by atoms with Crippen molar-refractivity contribution in [2.75, 3.05) is 0 Å². The van der Waals surface area contributed by atoms with E-state index in [0.717, 1.165) is 19.3 Å². The van der Waals surface area contributed by atoms with Gasteiger partial charge in [-0.15, -0.1) is 6.58 Å². The Morgan fingerprint density at radius 1 is 1.64 bits per heavy atom. The molecule has 0 amide bonds. The zero-order chi connectivity index (χ0) is 8.27. The zero-order valence-electron chi connectivity index (χ0n) is 7.18. The van der Waals surface area contributed by atoms with Crippen LogP contribution in [0, 0.1) is 11.8 Å². The summed E-state index contributed by atoms with van der Waals surface area (Å²) in [5.41, 5.74) is 0. The summed E-state index contributed by atoms with van der Waals surface area (Å²) in [6.45, 7) is 5.85. The molecule has 0 N–H and O–H groups in total. The minimum absolute atomic E-state index is 0.440. The van der Waals surface area contributed by atoms with Gasteiger partial charge < -0.3 is 0 Å². The summed E-state index contributed by atoms with van der Waals surface area (Å²) in [5.74, 6) is 1.63. The molecular weight excluding hydrogens is 136 g/mol. The summed E-state index contributed by atoms with van der Waals surface area (Å²) in [6.07, 6.45) is 5.73. The van der Waals surface area contributed by atoms with E-state index in [-0.39, 0.29) is 0 Å². The van der Waals surface area contributed by atoms with Gasteiger partial charge in [0.05, 0.1) is 0 Å². The van der Waals surface area contributed by atoms with Crippen molar-refractivity contribution in [3.8, 4) is 0 Å². The summed E-state index contributed by atoms with van der Waals surface area (Å²) >= 11 is 0. The van der Waals surface area contributed by atoms with Crippen LogP contribution in [0.15, 0.2) is 12.7 Å². The van der Waals surface area contributed by atoms with Gasteiger partial charge in [-0.25, -0.2) is 0 Å². The average molecular weight is 152 g/mol. The van der Waals surface area contributed by atoms with E-state index in [1.807, 2.05) is 6.08 Å². The van der Waals surface area contributed by atoms with Crippen molar-refractivity contribution in [2.24, 2.45) is 11.8 Å². The number of allylic oxidation sites excluding steroid dienone is 1. The van der Waals surface area contributed by atoms with Crippen molar-refractivity contribution in [3.63, 3.8) is 0 Å². The molecule has 1 aliphatic rings. The minimum Gasteiger partial charge on any atom is -0.300 e. The normalized spacial score (nSPS) is 31.9. The highest BCUT2D eigenvalue weighted by molar-refractivity contribution is 5.79. The highest BCUT2D eigenvalue weighted by Gasteiger charge is 2.23. The Labute approximate surface area is 68.5 Å². The summed E-state index contributed by atoms with van der Waals surface area (Å²) in [7, 11) is 0. The van der Waals surface area contributed by atoms with Crippen LogP contribution in [0.2, 0.25) is 0 Å². The zero-order valence-corrected chi connectivity index (χ0v) is 7.18. The van der Waals surface area contributed by atoms with Gasteiger partial charge in [0.2, 0.25) is 0 Å². The van der Waals surface area contributed by atoms with E-state index < -0.39 is 0 Å². The second-order valence-electron chi connectivity index (χ2n) is 3.68. The maximum Gasteiger partial charge on any atom is 0.133 e. The molecule has 1 saturated carbocycles.